The molecule has 0 aromatic carbocycles. The number of nitrogens with two attached hydrogens (primary N) is 1. The number of hydrogen-bond donors (Lipinski definition) is 1. The molecule has 3 radical (unpaired) electrons. The van der Waals surface area contributed by atoms with Crippen molar-refractivity contribution >= 4 is 59.7 Å². The SMILES string of the molecule is Cl.Cl.Cl.NCC[CH2][Sn]. The Morgan fingerprint density at radius 1 is 1.12 bits per heavy atom. The van der Waals surface area contributed by atoms with Crippen molar-refractivity contribution in [1.29, 1.82) is 0 Å². The average molecular weight is 286 g/mol. The van der Waals surface area contributed by atoms with Crippen molar-refractivity contribution in [3.8, 4) is 0 Å². The molecule has 1 nitrogen and oxygen atoms in total. The predicted octanol–water partition coefficient (Wildman–Crippen LogP) is 1.19. The Morgan fingerprint density at radius 3 is 1.50 bits per heavy atom. The van der Waals surface area contributed by atoms with Crippen molar-refractivity contribution < 1.29 is 0 Å². The van der Waals surface area contributed by atoms with Crippen molar-refractivity contribution in [3.63, 3.8) is 0 Å². The van der Waals surface area contributed by atoms with E-state index in [0.717, 1.165) is 6.54 Å². The number of rotatable bonds is 2. The Hall–Kier alpha value is 1.63. The summed E-state index contributed by atoms with van der Waals surface area (Å²) in [6, 6.07) is 0. The molecule has 2 N–H and O–H groups in total. The first-order valence-electron chi connectivity index (χ1n) is 1.76. The van der Waals surface area contributed by atoms with Gasteiger partial charge in [-0.1, -0.05) is 0 Å². The van der Waals surface area contributed by atoms with Gasteiger partial charge in [0.2, 0.25) is 0 Å². The summed E-state index contributed by atoms with van der Waals surface area (Å²) >= 11 is 1.60. The van der Waals surface area contributed by atoms with Crippen LogP contribution >= 0.6 is 37.2 Å². The van der Waals surface area contributed by atoms with Crippen molar-refractivity contribution in [2.45, 2.75) is 10.9 Å². The molecule has 5 heteroatoms. The van der Waals surface area contributed by atoms with Gasteiger partial charge < -0.3 is 0 Å². The first-order chi connectivity index (χ1) is 2.41. The summed E-state index contributed by atoms with van der Waals surface area (Å²) in [7, 11) is 0. The molecule has 0 aliphatic heterocycles. The van der Waals surface area contributed by atoms with Crippen LogP contribution in [0.25, 0.3) is 0 Å². The zero-order valence-corrected chi connectivity index (χ0v) is 9.73. The fourth-order valence-corrected chi connectivity index (χ4v) is 0.685. The molecule has 8 heavy (non-hydrogen) atoms. The summed E-state index contributed by atoms with van der Waals surface area (Å²) in [4.78, 5) is 0. The Morgan fingerprint density at radius 2 is 1.50 bits per heavy atom. The molecule has 0 unspecified atom stereocenters. The second-order valence-electron chi connectivity index (χ2n) is 0.892. The molecule has 0 amide bonds. The molecular formula is C3H11Cl3NSn. The van der Waals surface area contributed by atoms with Crippen LogP contribution in [0.3, 0.4) is 0 Å². The molecule has 0 aliphatic carbocycles. The van der Waals surface area contributed by atoms with Crippen molar-refractivity contribution in [2.24, 2.45) is 5.73 Å². The van der Waals surface area contributed by atoms with Crippen molar-refractivity contribution in [3.05, 3.63) is 0 Å². The minimum absolute atomic E-state index is 0. The molecular weight excluding hydrogens is 275 g/mol. The van der Waals surface area contributed by atoms with Crippen molar-refractivity contribution in [1.82, 2.24) is 0 Å². The Kier molecular flexibility index (Phi) is 66.3. The molecule has 0 saturated carbocycles. The van der Waals surface area contributed by atoms with Crippen LogP contribution in [0.15, 0.2) is 0 Å². The van der Waals surface area contributed by atoms with Crippen LogP contribution in [0, 0.1) is 0 Å². The summed E-state index contributed by atoms with van der Waals surface area (Å²) in [5.41, 5.74) is 5.15. The molecule has 0 saturated heterocycles. The minimum atomic E-state index is 0. The molecule has 0 aromatic rings. The van der Waals surface area contributed by atoms with Crippen LogP contribution in [0.5, 0.6) is 0 Å². The summed E-state index contributed by atoms with van der Waals surface area (Å²) < 4.78 is 1.31. The standard InChI is InChI=1S/C3H8N.3ClH.Sn/c1-2-3-4;;;;/h1-4H2;3*1H;. The quantitative estimate of drug-likeness (QED) is 0.758. The Labute approximate surface area is 82.5 Å². The van der Waals surface area contributed by atoms with E-state index in [4.69, 9.17) is 5.73 Å². The van der Waals surface area contributed by atoms with Gasteiger partial charge in [-0.2, -0.15) is 0 Å². The fourth-order valence-electron chi connectivity index (χ4n) is 0.102. The van der Waals surface area contributed by atoms with E-state index < -0.39 is 0 Å². The molecule has 0 bridgehead atoms. The zero-order chi connectivity index (χ0) is 4.12. The normalized spacial score (nSPS) is 5.25. The van der Waals surface area contributed by atoms with Gasteiger partial charge in [0.1, 0.15) is 0 Å². The molecule has 0 rings (SSSR count). The zero-order valence-electron chi connectivity index (χ0n) is 4.42. The second kappa shape index (κ2) is 23.4. The van der Waals surface area contributed by atoms with E-state index in [1.54, 1.807) is 22.5 Å². The fraction of sp³-hybridized carbons (Fsp3) is 1.00. The van der Waals surface area contributed by atoms with Gasteiger partial charge in [-0.05, 0) is 0 Å². The van der Waals surface area contributed by atoms with Gasteiger partial charge in [0, 0.05) is 0 Å². The van der Waals surface area contributed by atoms with Crippen LogP contribution in [0.2, 0.25) is 4.44 Å². The van der Waals surface area contributed by atoms with E-state index in [1.165, 1.54) is 10.9 Å². The van der Waals surface area contributed by atoms with Gasteiger partial charge in [0.25, 0.3) is 0 Å². The summed E-state index contributed by atoms with van der Waals surface area (Å²) in [6.07, 6.45) is 1.21. The van der Waals surface area contributed by atoms with Crippen LogP contribution in [-0.4, -0.2) is 29.1 Å². The van der Waals surface area contributed by atoms with Crippen LogP contribution in [0.1, 0.15) is 6.42 Å². The van der Waals surface area contributed by atoms with E-state index in [2.05, 4.69) is 0 Å². The summed E-state index contributed by atoms with van der Waals surface area (Å²) in [5.74, 6) is 0. The molecule has 53 valence electrons. The third-order valence-electron chi connectivity index (χ3n) is 0.381. The monoisotopic (exact) mass is 286 g/mol. The Balaban J connectivity index is -0.0000000267. The van der Waals surface area contributed by atoms with E-state index in [-0.39, 0.29) is 37.2 Å². The van der Waals surface area contributed by atoms with Crippen LogP contribution in [-0.2, 0) is 0 Å². The van der Waals surface area contributed by atoms with Gasteiger partial charge in [-0.15, -0.1) is 37.2 Å². The maximum atomic E-state index is 5.15. The van der Waals surface area contributed by atoms with Crippen LogP contribution in [0.4, 0.5) is 0 Å². The Bertz CT molecular complexity index is 22.0. The second-order valence-corrected chi connectivity index (χ2v) is 2.32. The van der Waals surface area contributed by atoms with Crippen molar-refractivity contribution in [2.75, 3.05) is 6.54 Å². The predicted molar refractivity (Wildman–Crippen MR) is 46.0 cm³/mol. The van der Waals surface area contributed by atoms with Gasteiger partial charge in [-0.25, -0.2) is 0 Å². The van der Waals surface area contributed by atoms with E-state index >= 15 is 0 Å². The third kappa shape index (κ3) is 25.5. The first-order valence-corrected chi connectivity index (χ1v) is 3.78. The third-order valence-corrected chi connectivity index (χ3v) is 1.39. The molecule has 0 fully saturated rings. The maximum absolute atomic E-state index is 5.15. The van der Waals surface area contributed by atoms with E-state index in [1.807, 2.05) is 0 Å². The van der Waals surface area contributed by atoms with Gasteiger partial charge in [0.15, 0.2) is 0 Å². The first kappa shape index (κ1) is 22.6. The van der Waals surface area contributed by atoms with Gasteiger partial charge in [0.05, 0.1) is 0 Å². The van der Waals surface area contributed by atoms with Crippen LogP contribution < -0.4 is 5.73 Å². The van der Waals surface area contributed by atoms with Gasteiger partial charge in [-0.3, -0.25) is 0 Å². The van der Waals surface area contributed by atoms with Gasteiger partial charge >= 0.3 is 45.7 Å². The number of hydrogen-bond acceptors (Lipinski definition) is 1. The molecule has 0 aliphatic rings. The summed E-state index contributed by atoms with van der Waals surface area (Å²) in [5, 5.41) is 0. The molecule has 0 spiro atoms. The number of halogens is 3. The molecule has 0 atom stereocenters. The average Bonchev–Trinajstić information content (AvgIpc) is 1.41. The van der Waals surface area contributed by atoms with E-state index in [0.29, 0.717) is 0 Å². The molecule has 0 aromatic heterocycles. The topological polar surface area (TPSA) is 26.0 Å². The van der Waals surface area contributed by atoms with E-state index in [9.17, 15) is 0 Å². The summed E-state index contributed by atoms with van der Waals surface area (Å²) in [6.45, 7) is 0.866. The molecule has 0 heterocycles.